The summed E-state index contributed by atoms with van der Waals surface area (Å²) in [6, 6.07) is 1.62. The Morgan fingerprint density at radius 2 is 2.24 bits per heavy atom. The fourth-order valence-corrected chi connectivity index (χ4v) is 0.937. The number of hydrogen-bond donors (Lipinski definition) is 1. The van der Waals surface area contributed by atoms with Gasteiger partial charge < -0.3 is 4.74 Å². The minimum Gasteiger partial charge on any atom is -0.444 e. The molecule has 0 saturated carbocycles. The Morgan fingerprint density at radius 1 is 1.59 bits per heavy atom. The molecular weight excluding hydrogens is 227 g/mol. The van der Waals surface area contributed by atoms with Gasteiger partial charge in [0.1, 0.15) is 11.7 Å². The lowest BCUT2D eigenvalue weighted by atomic mass is 10.2. The molecular formula is C10H11FN4O2. The number of nitriles is 1. The highest BCUT2D eigenvalue weighted by Crippen LogP contribution is 2.12. The fraction of sp³-hybridized carbons (Fsp3) is 0.400. The van der Waals surface area contributed by atoms with Crippen molar-refractivity contribution in [2.45, 2.75) is 26.4 Å². The van der Waals surface area contributed by atoms with Crippen molar-refractivity contribution < 1.29 is 13.9 Å². The second-order valence-electron chi connectivity index (χ2n) is 4.13. The van der Waals surface area contributed by atoms with Crippen molar-refractivity contribution in [3.05, 3.63) is 17.8 Å². The average molecular weight is 238 g/mol. The number of carbonyl (C=O) groups is 1. The molecule has 0 fully saturated rings. The Hall–Kier alpha value is -2.23. The van der Waals surface area contributed by atoms with Gasteiger partial charge in [-0.2, -0.15) is 9.65 Å². The van der Waals surface area contributed by atoms with E-state index in [9.17, 15) is 9.18 Å². The first-order valence-electron chi connectivity index (χ1n) is 4.74. The summed E-state index contributed by atoms with van der Waals surface area (Å²) >= 11 is 0. The standard InChI is InChI=1S/C10H11FN4O2/c1-10(2,3)17-9(16)15-8-6(4-12)14-7(11)5-13-8/h5H,1-3H3,(H,13,15,16). The average Bonchev–Trinajstić information content (AvgIpc) is 2.17. The molecule has 1 amide bonds. The lowest BCUT2D eigenvalue weighted by Crippen LogP contribution is -2.27. The van der Waals surface area contributed by atoms with Gasteiger partial charge >= 0.3 is 6.09 Å². The highest BCUT2D eigenvalue weighted by Gasteiger charge is 2.18. The minimum absolute atomic E-state index is 0.136. The van der Waals surface area contributed by atoms with Crippen molar-refractivity contribution in [1.82, 2.24) is 9.97 Å². The van der Waals surface area contributed by atoms with Gasteiger partial charge in [-0.3, -0.25) is 5.32 Å². The van der Waals surface area contributed by atoms with Crippen LogP contribution in [-0.2, 0) is 4.74 Å². The molecule has 6 nitrogen and oxygen atoms in total. The molecule has 1 aromatic rings. The number of hydrogen-bond acceptors (Lipinski definition) is 5. The highest BCUT2D eigenvalue weighted by atomic mass is 19.1. The van der Waals surface area contributed by atoms with E-state index in [2.05, 4.69) is 15.3 Å². The van der Waals surface area contributed by atoms with Crippen LogP contribution in [0.1, 0.15) is 26.5 Å². The summed E-state index contributed by atoms with van der Waals surface area (Å²) in [5.74, 6) is -1.03. The molecule has 0 saturated heterocycles. The quantitative estimate of drug-likeness (QED) is 0.806. The van der Waals surface area contributed by atoms with Gasteiger partial charge in [-0.15, -0.1) is 0 Å². The number of rotatable bonds is 1. The zero-order chi connectivity index (χ0) is 13.1. The van der Waals surface area contributed by atoms with E-state index in [1.807, 2.05) is 0 Å². The van der Waals surface area contributed by atoms with Gasteiger partial charge in [0.25, 0.3) is 0 Å². The third-order valence-corrected chi connectivity index (χ3v) is 1.47. The zero-order valence-corrected chi connectivity index (χ0v) is 9.61. The molecule has 0 spiro atoms. The van der Waals surface area contributed by atoms with Gasteiger partial charge in [0.05, 0.1) is 6.20 Å². The van der Waals surface area contributed by atoms with E-state index in [-0.39, 0.29) is 11.5 Å². The van der Waals surface area contributed by atoms with E-state index in [1.165, 1.54) is 0 Å². The second kappa shape index (κ2) is 4.74. The maximum absolute atomic E-state index is 12.7. The predicted molar refractivity (Wildman–Crippen MR) is 56.6 cm³/mol. The van der Waals surface area contributed by atoms with Crippen molar-refractivity contribution >= 4 is 11.9 Å². The number of anilines is 1. The van der Waals surface area contributed by atoms with Gasteiger partial charge in [-0.25, -0.2) is 14.8 Å². The smallest absolute Gasteiger partial charge is 0.413 e. The Bertz CT molecular complexity index is 476. The summed E-state index contributed by atoms with van der Waals surface area (Å²) in [7, 11) is 0. The summed E-state index contributed by atoms with van der Waals surface area (Å²) in [6.07, 6.45) is 0.0167. The number of halogens is 1. The number of aromatic nitrogens is 2. The number of nitrogens with zero attached hydrogens (tertiary/aromatic N) is 3. The van der Waals surface area contributed by atoms with Crippen molar-refractivity contribution in [1.29, 1.82) is 5.26 Å². The van der Waals surface area contributed by atoms with E-state index in [0.717, 1.165) is 6.20 Å². The Morgan fingerprint density at radius 3 is 2.76 bits per heavy atom. The molecule has 7 heteroatoms. The molecule has 90 valence electrons. The second-order valence-corrected chi connectivity index (χ2v) is 4.13. The van der Waals surface area contributed by atoms with Crippen LogP contribution in [0.3, 0.4) is 0 Å². The molecule has 1 rings (SSSR count). The third kappa shape index (κ3) is 4.03. The van der Waals surface area contributed by atoms with Gasteiger partial charge in [-0.1, -0.05) is 0 Å². The third-order valence-electron chi connectivity index (χ3n) is 1.47. The molecule has 1 aromatic heterocycles. The number of carbonyl (C=O) groups excluding carboxylic acids is 1. The molecule has 0 aliphatic heterocycles. The van der Waals surface area contributed by atoms with Gasteiger partial charge in [0.15, 0.2) is 11.5 Å². The van der Waals surface area contributed by atoms with Crippen molar-refractivity contribution in [3.63, 3.8) is 0 Å². The maximum Gasteiger partial charge on any atom is 0.413 e. The molecule has 0 unspecified atom stereocenters. The molecule has 0 aliphatic rings. The first kappa shape index (κ1) is 12.8. The molecule has 0 atom stereocenters. The minimum atomic E-state index is -0.892. The van der Waals surface area contributed by atoms with E-state index >= 15 is 0 Å². The van der Waals surface area contributed by atoms with Crippen LogP contribution in [0.4, 0.5) is 15.0 Å². The summed E-state index contributed by atoms with van der Waals surface area (Å²) in [5, 5.41) is 10.9. The SMILES string of the molecule is CC(C)(C)OC(=O)Nc1ncc(F)nc1C#N. The normalized spacial score (nSPS) is 10.5. The summed E-state index contributed by atoms with van der Waals surface area (Å²) in [5.41, 5.74) is -0.986. The number of amides is 1. The van der Waals surface area contributed by atoms with E-state index in [4.69, 9.17) is 10.00 Å². The lowest BCUT2D eigenvalue weighted by molar-refractivity contribution is 0.0635. The molecule has 0 radical (unpaired) electrons. The van der Waals surface area contributed by atoms with Crippen LogP contribution in [0.25, 0.3) is 0 Å². The Labute approximate surface area is 97.4 Å². The van der Waals surface area contributed by atoms with Gasteiger partial charge in [0.2, 0.25) is 5.95 Å². The van der Waals surface area contributed by atoms with Crippen molar-refractivity contribution in [3.8, 4) is 6.07 Å². The predicted octanol–water partition coefficient (Wildman–Crippen LogP) is 1.83. The van der Waals surface area contributed by atoms with Crippen LogP contribution >= 0.6 is 0 Å². The van der Waals surface area contributed by atoms with Crippen LogP contribution in [0.2, 0.25) is 0 Å². The van der Waals surface area contributed by atoms with Crippen molar-refractivity contribution in [2.75, 3.05) is 5.32 Å². The van der Waals surface area contributed by atoms with Crippen LogP contribution in [0, 0.1) is 17.3 Å². The lowest BCUT2D eigenvalue weighted by Gasteiger charge is -2.19. The van der Waals surface area contributed by atoms with Gasteiger partial charge in [-0.05, 0) is 20.8 Å². The van der Waals surface area contributed by atoms with Crippen LogP contribution < -0.4 is 5.32 Å². The first-order chi connectivity index (χ1) is 7.81. The molecule has 0 aromatic carbocycles. The Kier molecular flexibility index (Phi) is 3.58. The van der Waals surface area contributed by atoms with E-state index in [1.54, 1.807) is 26.8 Å². The number of ether oxygens (including phenoxy) is 1. The van der Waals surface area contributed by atoms with Crippen LogP contribution in [-0.4, -0.2) is 21.7 Å². The fourth-order valence-electron chi connectivity index (χ4n) is 0.937. The summed E-state index contributed by atoms with van der Waals surface area (Å²) in [6.45, 7) is 5.07. The topological polar surface area (TPSA) is 87.9 Å². The largest absolute Gasteiger partial charge is 0.444 e. The zero-order valence-electron chi connectivity index (χ0n) is 9.61. The molecule has 17 heavy (non-hydrogen) atoms. The number of nitrogens with one attached hydrogen (secondary N) is 1. The van der Waals surface area contributed by atoms with E-state index in [0.29, 0.717) is 0 Å². The van der Waals surface area contributed by atoms with E-state index < -0.39 is 17.6 Å². The Balaban J connectivity index is 2.83. The van der Waals surface area contributed by atoms with Gasteiger partial charge in [0, 0.05) is 0 Å². The van der Waals surface area contributed by atoms with Crippen LogP contribution in [0.5, 0.6) is 0 Å². The van der Waals surface area contributed by atoms with Crippen LogP contribution in [0.15, 0.2) is 6.20 Å². The monoisotopic (exact) mass is 238 g/mol. The summed E-state index contributed by atoms with van der Waals surface area (Å²) < 4.78 is 17.6. The summed E-state index contributed by atoms with van der Waals surface area (Å²) in [4.78, 5) is 18.2. The van der Waals surface area contributed by atoms with Crippen molar-refractivity contribution in [2.24, 2.45) is 0 Å². The highest BCUT2D eigenvalue weighted by molar-refractivity contribution is 5.84. The first-order valence-corrected chi connectivity index (χ1v) is 4.74. The molecule has 1 N–H and O–H groups in total. The molecule has 1 heterocycles. The maximum atomic E-state index is 12.7. The molecule has 0 bridgehead atoms. The molecule has 0 aliphatic carbocycles.